The van der Waals surface area contributed by atoms with Crippen LogP contribution < -0.4 is 4.74 Å². The highest BCUT2D eigenvalue weighted by Crippen LogP contribution is 2.59. The van der Waals surface area contributed by atoms with Gasteiger partial charge in [-0.15, -0.1) is 0 Å². The van der Waals surface area contributed by atoms with Crippen molar-refractivity contribution in [3.8, 4) is 11.5 Å². The molecule has 2 aromatic carbocycles. The van der Waals surface area contributed by atoms with Gasteiger partial charge in [0.25, 0.3) is 0 Å². The molecule has 2 aromatic rings. The van der Waals surface area contributed by atoms with Crippen LogP contribution in [0.4, 0.5) is 0 Å². The fourth-order valence-corrected chi connectivity index (χ4v) is 7.34. The third-order valence-electron chi connectivity index (χ3n) is 9.13. The molecule has 40 heavy (non-hydrogen) atoms. The number of phenolic OH excluding ortho intramolecular Hbond substituents is 1. The lowest BCUT2D eigenvalue weighted by atomic mass is 9.53. The number of Topliss-reactive ketones (excluding diaryl/α,β-unsaturated/α-hetero) is 1. The minimum absolute atomic E-state index is 0.0165. The predicted molar refractivity (Wildman–Crippen MR) is 147 cm³/mol. The van der Waals surface area contributed by atoms with Crippen molar-refractivity contribution in [1.29, 1.82) is 0 Å². The maximum Gasteiger partial charge on any atom is 0.319 e. The topological polar surface area (TPSA) is 107 Å². The Kier molecular flexibility index (Phi) is 6.54. The molecule has 2 heterocycles. The van der Waals surface area contributed by atoms with Gasteiger partial charge in [0, 0.05) is 45.5 Å². The number of aromatic hydroxyl groups is 1. The first-order valence-electron chi connectivity index (χ1n) is 13.2. The van der Waals surface area contributed by atoms with E-state index in [0.29, 0.717) is 46.0 Å². The first-order chi connectivity index (χ1) is 19.2. The number of phenols is 1. The zero-order chi connectivity index (χ0) is 28.3. The zero-order valence-electron chi connectivity index (χ0n) is 22.8. The van der Waals surface area contributed by atoms with Gasteiger partial charge in [-0.05, 0) is 56.3 Å². The van der Waals surface area contributed by atoms with Gasteiger partial charge in [0.05, 0.1) is 21.3 Å². The van der Waals surface area contributed by atoms with Crippen LogP contribution in [0.3, 0.4) is 0 Å². The number of carbonyl (C=O) groups is 2. The van der Waals surface area contributed by atoms with Gasteiger partial charge in [0.2, 0.25) is 0 Å². The molecule has 0 spiro atoms. The third-order valence-corrected chi connectivity index (χ3v) is 9.38. The van der Waals surface area contributed by atoms with E-state index in [1.165, 1.54) is 21.3 Å². The normalized spacial score (nSPS) is 29.0. The van der Waals surface area contributed by atoms with Gasteiger partial charge in [-0.25, -0.2) is 0 Å². The zero-order valence-corrected chi connectivity index (χ0v) is 23.5. The third kappa shape index (κ3) is 3.82. The summed E-state index contributed by atoms with van der Waals surface area (Å²) in [6.07, 6.45) is 2.53. The fourth-order valence-electron chi connectivity index (χ4n) is 7.21. The lowest BCUT2D eigenvalue weighted by molar-refractivity contribution is -0.146. The van der Waals surface area contributed by atoms with Gasteiger partial charge in [0.1, 0.15) is 11.6 Å². The summed E-state index contributed by atoms with van der Waals surface area (Å²) in [6, 6.07) is 8.79. The summed E-state index contributed by atoms with van der Waals surface area (Å²) in [5, 5.41) is 16.5. The summed E-state index contributed by atoms with van der Waals surface area (Å²) >= 11 is 6.10. The number of halogens is 1. The van der Waals surface area contributed by atoms with Crippen molar-refractivity contribution < 1.29 is 33.7 Å². The molecule has 6 rings (SSSR count). The molecule has 1 fully saturated rings. The molecule has 0 aromatic heterocycles. The summed E-state index contributed by atoms with van der Waals surface area (Å²) in [5.74, 6) is -0.899. The Balaban J connectivity index is 1.55. The second-order valence-corrected chi connectivity index (χ2v) is 11.3. The summed E-state index contributed by atoms with van der Waals surface area (Å²) in [6.45, 7) is 0.768. The summed E-state index contributed by atoms with van der Waals surface area (Å²) in [5.41, 5.74) is 2.67. The number of oxime groups is 1. The first kappa shape index (κ1) is 26.7. The monoisotopic (exact) mass is 566 g/mol. The molecule has 1 N–H and O–H groups in total. The number of rotatable bonds is 5. The molecule has 5 atom stereocenters. The van der Waals surface area contributed by atoms with E-state index in [0.717, 1.165) is 12.1 Å². The van der Waals surface area contributed by atoms with Crippen LogP contribution in [0.15, 0.2) is 47.3 Å². The molecule has 0 radical (unpaired) electrons. The van der Waals surface area contributed by atoms with Crippen LogP contribution in [0.2, 0.25) is 5.02 Å². The Bertz CT molecular complexity index is 1450. The maximum absolute atomic E-state index is 13.3. The number of carbonyl (C=O) groups excluding carboxylic acids is 2. The van der Waals surface area contributed by atoms with E-state index in [9.17, 15) is 14.7 Å². The smallest absolute Gasteiger partial charge is 0.319 e. The van der Waals surface area contributed by atoms with Crippen molar-refractivity contribution in [3.63, 3.8) is 0 Å². The molecular formula is C30H31ClN2O7. The average molecular weight is 567 g/mol. The summed E-state index contributed by atoms with van der Waals surface area (Å²) in [4.78, 5) is 34.8. The van der Waals surface area contributed by atoms with Gasteiger partial charge >= 0.3 is 5.97 Å². The van der Waals surface area contributed by atoms with Crippen LogP contribution in [0.25, 0.3) is 0 Å². The molecule has 2 aliphatic carbocycles. The van der Waals surface area contributed by atoms with Crippen molar-refractivity contribution in [2.75, 3.05) is 34.9 Å². The maximum atomic E-state index is 13.3. The summed E-state index contributed by atoms with van der Waals surface area (Å²) < 4.78 is 16.3. The number of esters is 1. The fraction of sp³-hybridized carbons (Fsp3) is 0.433. The largest absolute Gasteiger partial charge is 0.504 e. The second kappa shape index (κ2) is 9.82. The van der Waals surface area contributed by atoms with Crippen LogP contribution >= 0.6 is 11.6 Å². The Morgan fingerprint density at radius 3 is 2.62 bits per heavy atom. The quantitative estimate of drug-likeness (QED) is 0.543. The number of ether oxygens (including phenoxy) is 3. The van der Waals surface area contributed by atoms with E-state index in [4.69, 9.17) is 30.6 Å². The number of hydrogen-bond acceptors (Lipinski definition) is 9. The van der Waals surface area contributed by atoms with Crippen LogP contribution in [0.5, 0.6) is 11.5 Å². The molecule has 1 saturated heterocycles. The van der Waals surface area contributed by atoms with E-state index >= 15 is 0 Å². The highest BCUT2D eigenvalue weighted by molar-refractivity contribution is 6.30. The molecule has 0 saturated carbocycles. The minimum Gasteiger partial charge on any atom is -0.504 e. The van der Waals surface area contributed by atoms with Crippen LogP contribution in [0.1, 0.15) is 41.2 Å². The number of likely N-dealkylation sites (tertiary alicyclic amines) is 1. The molecular weight excluding hydrogens is 536 g/mol. The van der Waals surface area contributed by atoms with Gasteiger partial charge in [-0.2, -0.15) is 0 Å². The number of fused-ring (bicyclic) bond motifs is 1. The van der Waals surface area contributed by atoms with Crippen LogP contribution in [-0.4, -0.2) is 68.4 Å². The number of methoxy groups -OCH3 is 3. The van der Waals surface area contributed by atoms with Gasteiger partial charge in [-0.1, -0.05) is 28.9 Å². The molecule has 4 aliphatic rings. The van der Waals surface area contributed by atoms with Crippen molar-refractivity contribution in [2.24, 2.45) is 17.0 Å². The predicted octanol–water partition coefficient (Wildman–Crippen LogP) is 3.94. The SMILES string of the molecule is COC(=O)[C@H]1C(c2ccc(Cl)cc2)=NO[C@@H]1c1cc(OC)c(O)c2c1C[C@H]1[C@H]3C=C(OC)C(=O)C[C@@]23CCN1C. The van der Waals surface area contributed by atoms with E-state index in [2.05, 4.69) is 17.1 Å². The highest BCUT2D eigenvalue weighted by Gasteiger charge is 2.58. The standard InChI is InChI=1S/C30H31ClN2O7/c1-33-10-9-30-14-21(34)22(37-2)13-19(30)20(33)11-17-18(12-23(38-3)27(35)25(17)30)28-24(29(36)39-4)26(32-40-28)15-5-7-16(31)8-6-15/h5-8,12-13,19-20,24,28,35H,9-11,14H2,1-4H3/t19-,20+,24+,28-,30-/m1/s1. The number of allylic oxidation sites excluding steroid dienone is 1. The Hall–Kier alpha value is -3.56. The molecule has 0 unspecified atom stereocenters. The van der Waals surface area contributed by atoms with Crippen LogP contribution in [-0.2, 0) is 35.7 Å². The molecule has 210 valence electrons. The number of hydrogen-bond donors (Lipinski definition) is 1. The Morgan fingerprint density at radius 1 is 1.20 bits per heavy atom. The molecule has 2 aliphatic heterocycles. The molecule has 9 nitrogen and oxygen atoms in total. The Morgan fingerprint density at radius 2 is 1.95 bits per heavy atom. The second-order valence-electron chi connectivity index (χ2n) is 10.9. The van der Waals surface area contributed by atoms with E-state index in [1.54, 1.807) is 30.3 Å². The number of benzene rings is 2. The molecule has 10 heteroatoms. The van der Waals surface area contributed by atoms with Crippen LogP contribution in [0, 0.1) is 11.8 Å². The first-order valence-corrected chi connectivity index (χ1v) is 13.6. The lowest BCUT2D eigenvalue weighted by Crippen LogP contribution is -2.60. The van der Waals surface area contributed by atoms with Crippen molar-refractivity contribution in [2.45, 2.75) is 36.8 Å². The van der Waals surface area contributed by atoms with Gasteiger partial charge < -0.3 is 29.1 Å². The van der Waals surface area contributed by atoms with Gasteiger partial charge in [-0.3, -0.25) is 9.59 Å². The lowest BCUT2D eigenvalue weighted by Gasteiger charge is -2.57. The molecule has 0 amide bonds. The van der Waals surface area contributed by atoms with Crippen molar-refractivity contribution in [1.82, 2.24) is 4.90 Å². The number of likely N-dealkylation sites (N-methyl/N-ethyl adjacent to an activating group) is 1. The minimum atomic E-state index is -0.870. The van der Waals surface area contributed by atoms with Gasteiger partial charge in [0.15, 0.2) is 29.1 Å². The number of ketones is 1. The Labute approximate surface area is 237 Å². The number of nitrogens with zero attached hydrogens (tertiary/aromatic N) is 2. The highest BCUT2D eigenvalue weighted by atomic mass is 35.5. The van der Waals surface area contributed by atoms with E-state index < -0.39 is 23.4 Å². The summed E-state index contributed by atoms with van der Waals surface area (Å²) in [7, 11) is 6.41. The van der Waals surface area contributed by atoms with Crippen molar-refractivity contribution in [3.05, 3.63) is 69.4 Å². The molecule has 2 bridgehead atoms. The van der Waals surface area contributed by atoms with E-state index in [1.807, 2.05) is 6.08 Å². The van der Waals surface area contributed by atoms with Crippen molar-refractivity contribution >= 4 is 29.1 Å². The number of piperidine rings is 1. The average Bonchev–Trinajstić information content (AvgIpc) is 3.39. The van der Waals surface area contributed by atoms with E-state index in [-0.39, 0.29) is 35.7 Å².